The van der Waals surface area contributed by atoms with Gasteiger partial charge >= 0.3 is 5.97 Å². The molecule has 0 aliphatic heterocycles. The molecule has 0 fully saturated rings. The number of halogens is 1. The molecule has 25 heavy (non-hydrogen) atoms. The van der Waals surface area contributed by atoms with E-state index in [0.29, 0.717) is 10.7 Å². The smallest absolute Gasteiger partial charge is 0.335 e. The number of phenols is 1. The van der Waals surface area contributed by atoms with Crippen molar-refractivity contribution in [2.75, 3.05) is 10.6 Å². The van der Waals surface area contributed by atoms with Crippen molar-refractivity contribution >= 4 is 34.9 Å². The zero-order valence-corrected chi connectivity index (χ0v) is 13.4. The minimum absolute atomic E-state index is 0.0761. The van der Waals surface area contributed by atoms with Crippen LogP contribution in [0.1, 0.15) is 10.4 Å². The summed E-state index contributed by atoms with van der Waals surface area (Å²) in [5, 5.41) is 33.1. The van der Waals surface area contributed by atoms with Crippen molar-refractivity contribution in [3.8, 4) is 11.8 Å². The van der Waals surface area contributed by atoms with E-state index in [0.717, 1.165) is 6.20 Å². The molecule has 0 saturated carbocycles. The largest absolute Gasteiger partial charge is 0.506 e. The van der Waals surface area contributed by atoms with Crippen molar-refractivity contribution in [2.45, 2.75) is 0 Å². The SMILES string of the molecule is N#C/C(=C/Nc1cc(Cl)ccc1O)C(=O)Nc1ccc(C(=O)O)cc1. The molecule has 7 nitrogen and oxygen atoms in total. The van der Waals surface area contributed by atoms with Crippen LogP contribution in [0.15, 0.2) is 54.2 Å². The molecule has 0 bridgehead atoms. The van der Waals surface area contributed by atoms with Gasteiger partial charge in [-0.3, -0.25) is 4.79 Å². The molecule has 0 unspecified atom stereocenters. The molecule has 0 aliphatic rings. The van der Waals surface area contributed by atoms with Crippen molar-refractivity contribution in [3.63, 3.8) is 0 Å². The maximum absolute atomic E-state index is 12.1. The summed E-state index contributed by atoms with van der Waals surface area (Å²) in [5.74, 6) is -1.87. The lowest BCUT2D eigenvalue weighted by atomic mass is 10.2. The Morgan fingerprint density at radius 3 is 2.44 bits per heavy atom. The number of nitriles is 1. The van der Waals surface area contributed by atoms with Crippen LogP contribution in [0.25, 0.3) is 0 Å². The van der Waals surface area contributed by atoms with Gasteiger partial charge < -0.3 is 20.8 Å². The predicted molar refractivity (Wildman–Crippen MR) is 92.5 cm³/mol. The van der Waals surface area contributed by atoms with E-state index in [2.05, 4.69) is 10.6 Å². The molecule has 0 aliphatic carbocycles. The molecule has 0 radical (unpaired) electrons. The molecule has 0 aromatic heterocycles. The number of aromatic hydroxyl groups is 1. The molecule has 0 saturated heterocycles. The van der Waals surface area contributed by atoms with Gasteiger partial charge in [0.1, 0.15) is 17.4 Å². The maximum Gasteiger partial charge on any atom is 0.335 e. The summed E-state index contributed by atoms with van der Waals surface area (Å²) in [7, 11) is 0. The summed E-state index contributed by atoms with van der Waals surface area (Å²) < 4.78 is 0. The number of amides is 1. The van der Waals surface area contributed by atoms with Crippen LogP contribution in [0.5, 0.6) is 5.75 Å². The van der Waals surface area contributed by atoms with Gasteiger partial charge in [0, 0.05) is 16.9 Å². The van der Waals surface area contributed by atoms with Gasteiger partial charge in [-0.15, -0.1) is 0 Å². The van der Waals surface area contributed by atoms with Gasteiger partial charge in [0.2, 0.25) is 0 Å². The number of benzene rings is 2. The normalized spacial score (nSPS) is 10.6. The van der Waals surface area contributed by atoms with Gasteiger partial charge in [0.15, 0.2) is 0 Å². The molecule has 0 atom stereocenters. The Labute approximate surface area is 147 Å². The minimum Gasteiger partial charge on any atom is -0.506 e. The molecule has 2 rings (SSSR count). The zero-order valence-electron chi connectivity index (χ0n) is 12.7. The standard InChI is InChI=1S/C17H12ClN3O4/c18-12-3-6-15(22)14(7-12)20-9-11(8-19)16(23)21-13-4-1-10(2-5-13)17(24)25/h1-7,9,20,22H,(H,21,23)(H,24,25)/b11-9-. The van der Waals surface area contributed by atoms with Gasteiger partial charge in [0.25, 0.3) is 5.91 Å². The van der Waals surface area contributed by atoms with Crippen molar-refractivity contribution in [2.24, 2.45) is 0 Å². The number of hydrogen-bond donors (Lipinski definition) is 4. The van der Waals surface area contributed by atoms with Crippen molar-refractivity contribution < 1.29 is 19.8 Å². The summed E-state index contributed by atoms with van der Waals surface area (Å²) in [5.41, 5.74) is 0.398. The lowest BCUT2D eigenvalue weighted by Gasteiger charge is -2.07. The second kappa shape index (κ2) is 7.86. The van der Waals surface area contributed by atoms with E-state index in [9.17, 15) is 14.7 Å². The number of nitrogens with zero attached hydrogens (tertiary/aromatic N) is 1. The number of hydrogen-bond acceptors (Lipinski definition) is 5. The number of nitrogens with one attached hydrogen (secondary N) is 2. The third-order valence-electron chi connectivity index (χ3n) is 3.09. The second-order valence-electron chi connectivity index (χ2n) is 4.81. The number of carbonyl (C=O) groups is 2. The van der Waals surface area contributed by atoms with Crippen molar-refractivity contribution in [3.05, 3.63) is 64.8 Å². The maximum atomic E-state index is 12.1. The predicted octanol–water partition coefficient (Wildman–Crippen LogP) is 3.20. The van der Waals surface area contributed by atoms with Crippen LogP contribution in [-0.4, -0.2) is 22.1 Å². The third kappa shape index (κ3) is 4.73. The molecule has 0 spiro atoms. The van der Waals surface area contributed by atoms with E-state index >= 15 is 0 Å². The van der Waals surface area contributed by atoms with Gasteiger partial charge in [-0.1, -0.05) is 11.6 Å². The highest BCUT2D eigenvalue weighted by Gasteiger charge is 2.11. The first-order valence-corrected chi connectivity index (χ1v) is 7.28. The van der Waals surface area contributed by atoms with Gasteiger partial charge in [-0.2, -0.15) is 5.26 Å². The monoisotopic (exact) mass is 357 g/mol. The first kappa shape index (κ1) is 17.8. The van der Waals surface area contributed by atoms with Gasteiger partial charge in [0.05, 0.1) is 11.3 Å². The van der Waals surface area contributed by atoms with Crippen LogP contribution in [0.3, 0.4) is 0 Å². The average molecular weight is 358 g/mol. The molecule has 4 N–H and O–H groups in total. The first-order valence-electron chi connectivity index (χ1n) is 6.90. The molecule has 0 heterocycles. The van der Waals surface area contributed by atoms with E-state index in [1.165, 1.54) is 42.5 Å². The number of rotatable bonds is 5. The van der Waals surface area contributed by atoms with Crippen LogP contribution < -0.4 is 10.6 Å². The van der Waals surface area contributed by atoms with E-state index in [1.54, 1.807) is 6.07 Å². The number of carbonyl (C=O) groups excluding carboxylic acids is 1. The highest BCUT2D eigenvalue weighted by Crippen LogP contribution is 2.26. The zero-order chi connectivity index (χ0) is 18.4. The number of carboxylic acid groups (broad SMARTS) is 1. The lowest BCUT2D eigenvalue weighted by molar-refractivity contribution is -0.112. The molecule has 2 aromatic carbocycles. The van der Waals surface area contributed by atoms with Gasteiger partial charge in [-0.25, -0.2) is 4.79 Å². The second-order valence-corrected chi connectivity index (χ2v) is 5.25. The average Bonchev–Trinajstić information content (AvgIpc) is 2.58. The molecule has 2 aromatic rings. The van der Waals surface area contributed by atoms with Gasteiger partial charge in [-0.05, 0) is 42.5 Å². The highest BCUT2D eigenvalue weighted by molar-refractivity contribution is 6.30. The van der Waals surface area contributed by atoms with Crippen molar-refractivity contribution in [1.82, 2.24) is 0 Å². The Morgan fingerprint density at radius 1 is 1.16 bits per heavy atom. The first-order chi connectivity index (χ1) is 11.9. The van der Waals surface area contributed by atoms with E-state index in [-0.39, 0.29) is 22.6 Å². The Bertz CT molecular complexity index is 886. The summed E-state index contributed by atoms with van der Waals surface area (Å²) in [6, 6.07) is 11.5. The van der Waals surface area contributed by atoms with Crippen LogP contribution in [0.2, 0.25) is 5.02 Å². The number of anilines is 2. The van der Waals surface area contributed by atoms with E-state index in [4.69, 9.17) is 22.0 Å². The third-order valence-corrected chi connectivity index (χ3v) is 3.32. The Balaban J connectivity index is 2.11. The Hall–Kier alpha value is -3.50. The highest BCUT2D eigenvalue weighted by atomic mass is 35.5. The molecule has 126 valence electrons. The Morgan fingerprint density at radius 2 is 1.84 bits per heavy atom. The molecular formula is C17H12ClN3O4. The van der Waals surface area contributed by atoms with Crippen LogP contribution in [-0.2, 0) is 4.79 Å². The van der Waals surface area contributed by atoms with Crippen LogP contribution >= 0.6 is 11.6 Å². The van der Waals surface area contributed by atoms with Crippen LogP contribution in [0.4, 0.5) is 11.4 Å². The summed E-state index contributed by atoms with van der Waals surface area (Å²) in [6.07, 6.45) is 1.13. The topological polar surface area (TPSA) is 122 Å². The number of carboxylic acids is 1. The van der Waals surface area contributed by atoms with E-state index in [1.807, 2.05) is 0 Å². The Kier molecular flexibility index (Phi) is 5.61. The minimum atomic E-state index is -1.08. The molecule has 1 amide bonds. The summed E-state index contributed by atoms with van der Waals surface area (Å²) in [4.78, 5) is 22.9. The molecule has 8 heteroatoms. The lowest BCUT2D eigenvalue weighted by Crippen LogP contribution is -2.14. The van der Waals surface area contributed by atoms with Crippen LogP contribution in [0, 0.1) is 11.3 Å². The fourth-order valence-electron chi connectivity index (χ4n) is 1.82. The van der Waals surface area contributed by atoms with E-state index < -0.39 is 11.9 Å². The number of phenolic OH excluding ortho intramolecular Hbond substituents is 1. The fraction of sp³-hybridized carbons (Fsp3) is 0. The molecular weight excluding hydrogens is 346 g/mol. The summed E-state index contributed by atoms with van der Waals surface area (Å²) in [6.45, 7) is 0. The summed E-state index contributed by atoms with van der Waals surface area (Å²) >= 11 is 5.81. The number of aromatic carboxylic acids is 1. The quantitative estimate of drug-likeness (QED) is 0.370. The van der Waals surface area contributed by atoms with Crippen molar-refractivity contribution in [1.29, 1.82) is 5.26 Å². The fourth-order valence-corrected chi connectivity index (χ4v) is 1.99.